The van der Waals surface area contributed by atoms with Crippen molar-refractivity contribution in [2.24, 2.45) is 5.10 Å². The van der Waals surface area contributed by atoms with Crippen LogP contribution in [0.3, 0.4) is 0 Å². The van der Waals surface area contributed by atoms with E-state index in [0.29, 0.717) is 16.6 Å². The average molecular weight is 432 g/mol. The van der Waals surface area contributed by atoms with Gasteiger partial charge in [-0.15, -0.1) is 0 Å². The zero-order chi connectivity index (χ0) is 18.2. The van der Waals surface area contributed by atoms with Crippen molar-refractivity contribution in [3.63, 3.8) is 0 Å². The van der Waals surface area contributed by atoms with Crippen LogP contribution in [0.5, 0.6) is 0 Å². The first-order valence-electron chi connectivity index (χ1n) is 7.61. The summed E-state index contributed by atoms with van der Waals surface area (Å²) < 4.78 is 36.7. The molecule has 25 heavy (non-hydrogen) atoms. The van der Waals surface area contributed by atoms with E-state index in [2.05, 4.69) is 26.3 Å². The minimum atomic E-state index is -3.17. The number of hydrazone groups is 1. The van der Waals surface area contributed by atoms with Crippen LogP contribution in [0.4, 0.5) is 10.1 Å². The normalized spacial score (nSPS) is 22.6. The lowest BCUT2D eigenvalue weighted by molar-refractivity contribution is -0.133. The molecule has 0 aromatic heterocycles. The van der Waals surface area contributed by atoms with E-state index in [4.69, 9.17) is 0 Å². The molecule has 0 saturated carbocycles. The molecule has 2 aliphatic rings. The highest BCUT2D eigenvalue weighted by Gasteiger charge is 2.37. The number of rotatable bonds is 3. The molecular weight excluding hydrogens is 417 g/mol. The van der Waals surface area contributed by atoms with Crippen LogP contribution in [0.2, 0.25) is 0 Å². The van der Waals surface area contributed by atoms with Crippen molar-refractivity contribution in [2.75, 3.05) is 16.8 Å². The Labute approximate surface area is 152 Å². The van der Waals surface area contributed by atoms with E-state index in [-0.39, 0.29) is 36.0 Å². The number of halogens is 2. The third-order valence-electron chi connectivity index (χ3n) is 4.06. The third kappa shape index (κ3) is 4.06. The minimum Gasteiger partial charge on any atom is -0.320 e. The van der Waals surface area contributed by atoms with Crippen LogP contribution in [-0.4, -0.2) is 48.5 Å². The molecule has 134 valence electrons. The molecule has 1 aromatic carbocycles. The van der Waals surface area contributed by atoms with Gasteiger partial charge >= 0.3 is 0 Å². The van der Waals surface area contributed by atoms with Gasteiger partial charge in [0.2, 0.25) is 5.91 Å². The second-order valence-corrected chi connectivity index (χ2v) is 9.00. The molecule has 3 rings (SSSR count). The predicted octanol–water partition coefficient (Wildman–Crippen LogP) is 1.69. The molecule has 10 heteroatoms. The van der Waals surface area contributed by atoms with Crippen molar-refractivity contribution in [1.29, 1.82) is 0 Å². The quantitative estimate of drug-likeness (QED) is 0.787. The number of nitrogens with one attached hydrogen (secondary N) is 1. The SMILES string of the molecule is O=C(Nc1ccc(F)cc1Br)C1=NN([C@@H]2CCS(=O)(=O)C2)C(=O)CC1. The molecule has 7 nitrogen and oxygen atoms in total. The Morgan fingerprint density at radius 1 is 1.36 bits per heavy atom. The van der Waals surface area contributed by atoms with Crippen LogP contribution >= 0.6 is 15.9 Å². The Morgan fingerprint density at radius 2 is 2.12 bits per heavy atom. The number of carbonyl (C=O) groups excluding carboxylic acids is 2. The Kier molecular flexibility index (Phi) is 4.92. The van der Waals surface area contributed by atoms with Crippen LogP contribution in [-0.2, 0) is 19.4 Å². The molecule has 1 atom stereocenters. The van der Waals surface area contributed by atoms with Crippen molar-refractivity contribution in [2.45, 2.75) is 25.3 Å². The Hall–Kier alpha value is -1.81. The molecular formula is C15H15BrFN3O4S. The number of sulfone groups is 1. The molecule has 1 saturated heterocycles. The molecule has 2 amide bonds. The van der Waals surface area contributed by atoms with Gasteiger partial charge in [-0.2, -0.15) is 5.10 Å². The van der Waals surface area contributed by atoms with E-state index in [1.165, 1.54) is 18.2 Å². The highest BCUT2D eigenvalue weighted by molar-refractivity contribution is 9.10. The number of nitrogens with zero attached hydrogens (tertiary/aromatic N) is 2. The van der Waals surface area contributed by atoms with Gasteiger partial charge in [0.25, 0.3) is 5.91 Å². The first kappa shape index (κ1) is 18.0. The zero-order valence-electron chi connectivity index (χ0n) is 13.0. The minimum absolute atomic E-state index is 0.0149. The van der Waals surface area contributed by atoms with Crippen LogP contribution < -0.4 is 5.32 Å². The smallest absolute Gasteiger partial charge is 0.271 e. The fraction of sp³-hybridized carbons (Fsp3) is 0.400. The number of hydrogen-bond donors (Lipinski definition) is 1. The second kappa shape index (κ2) is 6.83. The van der Waals surface area contributed by atoms with E-state index in [9.17, 15) is 22.4 Å². The van der Waals surface area contributed by atoms with Gasteiger partial charge in [-0.3, -0.25) is 9.59 Å². The Balaban J connectivity index is 1.77. The molecule has 0 unspecified atom stereocenters. The largest absolute Gasteiger partial charge is 0.320 e. The van der Waals surface area contributed by atoms with E-state index in [1.807, 2.05) is 0 Å². The number of amides is 2. The lowest BCUT2D eigenvalue weighted by atomic mass is 10.1. The molecule has 2 heterocycles. The lowest BCUT2D eigenvalue weighted by Crippen LogP contribution is -2.42. The fourth-order valence-corrected chi connectivity index (χ4v) is 4.92. The van der Waals surface area contributed by atoms with Crippen LogP contribution in [0.25, 0.3) is 0 Å². The topological polar surface area (TPSA) is 95.9 Å². The van der Waals surface area contributed by atoms with Gasteiger partial charge in [-0.05, 0) is 40.5 Å². The van der Waals surface area contributed by atoms with Gasteiger partial charge in [-0.25, -0.2) is 17.8 Å². The van der Waals surface area contributed by atoms with Gasteiger partial charge in [0.15, 0.2) is 9.84 Å². The summed E-state index contributed by atoms with van der Waals surface area (Å²) >= 11 is 3.16. The number of carbonyl (C=O) groups is 2. The second-order valence-electron chi connectivity index (χ2n) is 5.92. The summed E-state index contributed by atoms with van der Waals surface area (Å²) in [6.45, 7) is 0. The van der Waals surface area contributed by atoms with E-state index < -0.39 is 27.6 Å². The lowest BCUT2D eigenvalue weighted by Gasteiger charge is -2.27. The first-order valence-corrected chi connectivity index (χ1v) is 10.2. The molecule has 0 bridgehead atoms. The fourth-order valence-electron chi connectivity index (χ4n) is 2.77. The molecule has 2 aliphatic heterocycles. The third-order valence-corrected chi connectivity index (χ3v) is 6.46. The van der Waals surface area contributed by atoms with E-state index in [1.54, 1.807) is 0 Å². The maximum Gasteiger partial charge on any atom is 0.271 e. The van der Waals surface area contributed by atoms with Crippen molar-refractivity contribution in [3.05, 3.63) is 28.5 Å². The summed E-state index contributed by atoms with van der Waals surface area (Å²) in [6, 6.07) is 3.31. The maximum absolute atomic E-state index is 13.1. The summed E-state index contributed by atoms with van der Waals surface area (Å²) in [7, 11) is -3.17. The van der Waals surface area contributed by atoms with Crippen LogP contribution in [0.1, 0.15) is 19.3 Å². The number of hydrogen-bond acceptors (Lipinski definition) is 5. The monoisotopic (exact) mass is 431 g/mol. The maximum atomic E-state index is 13.1. The zero-order valence-corrected chi connectivity index (χ0v) is 15.4. The molecule has 0 spiro atoms. The Morgan fingerprint density at radius 3 is 2.76 bits per heavy atom. The number of benzene rings is 1. The van der Waals surface area contributed by atoms with Gasteiger partial charge in [0, 0.05) is 17.3 Å². The van der Waals surface area contributed by atoms with Crippen LogP contribution in [0, 0.1) is 5.82 Å². The number of anilines is 1. The molecule has 1 fully saturated rings. The van der Waals surface area contributed by atoms with Gasteiger partial charge in [0.1, 0.15) is 11.5 Å². The van der Waals surface area contributed by atoms with Crippen molar-refractivity contribution in [3.8, 4) is 0 Å². The summed E-state index contributed by atoms with van der Waals surface area (Å²) in [4.78, 5) is 24.4. The van der Waals surface area contributed by atoms with Crippen molar-refractivity contribution < 1.29 is 22.4 Å². The molecule has 0 radical (unpaired) electrons. The van der Waals surface area contributed by atoms with Crippen molar-refractivity contribution >= 4 is 49.0 Å². The summed E-state index contributed by atoms with van der Waals surface area (Å²) in [5.41, 5.74) is 0.515. The molecule has 1 N–H and O–H groups in total. The predicted molar refractivity (Wildman–Crippen MR) is 93.3 cm³/mol. The van der Waals surface area contributed by atoms with Crippen LogP contribution in [0.15, 0.2) is 27.8 Å². The highest BCUT2D eigenvalue weighted by Crippen LogP contribution is 2.25. The molecule has 1 aromatic rings. The average Bonchev–Trinajstić information content (AvgIpc) is 2.90. The van der Waals surface area contributed by atoms with E-state index >= 15 is 0 Å². The first-order chi connectivity index (χ1) is 11.7. The van der Waals surface area contributed by atoms with E-state index in [0.717, 1.165) is 5.01 Å². The Bertz CT molecular complexity index is 872. The van der Waals surface area contributed by atoms with Gasteiger partial charge in [-0.1, -0.05) is 0 Å². The summed E-state index contributed by atoms with van der Waals surface area (Å²) in [5, 5.41) is 7.83. The van der Waals surface area contributed by atoms with Gasteiger partial charge < -0.3 is 5.32 Å². The van der Waals surface area contributed by atoms with Crippen molar-refractivity contribution in [1.82, 2.24) is 5.01 Å². The molecule has 0 aliphatic carbocycles. The standard InChI is InChI=1S/C15H15BrFN3O4S/c16-11-7-9(17)1-2-12(11)18-15(22)13-3-4-14(21)20(19-13)10-5-6-25(23,24)8-10/h1-2,7,10H,3-6,8H2,(H,18,22)/t10-/m1/s1. The summed E-state index contributed by atoms with van der Waals surface area (Å²) in [6.07, 6.45) is 0.572. The summed E-state index contributed by atoms with van der Waals surface area (Å²) in [5.74, 6) is -1.37. The highest BCUT2D eigenvalue weighted by atomic mass is 79.9. The van der Waals surface area contributed by atoms with Gasteiger partial charge in [0.05, 0.1) is 23.2 Å².